The number of halogens is 1. The van der Waals surface area contributed by atoms with Crippen molar-refractivity contribution in [1.82, 2.24) is 24.6 Å². The summed E-state index contributed by atoms with van der Waals surface area (Å²) < 4.78 is 1.81. The molecule has 0 amide bonds. The lowest BCUT2D eigenvalue weighted by Crippen LogP contribution is -1.92. The molecule has 0 fully saturated rings. The number of rotatable bonds is 1. The summed E-state index contributed by atoms with van der Waals surface area (Å²) in [7, 11) is 0. The number of nitrogens with zero attached hydrogens (tertiary/aromatic N) is 5. The average molecular weight is 282 g/mol. The minimum atomic E-state index is 0.399. The highest BCUT2D eigenvalue weighted by molar-refractivity contribution is 6.29. The van der Waals surface area contributed by atoms with Crippen molar-refractivity contribution in [2.45, 2.75) is 0 Å². The molecule has 0 atom stereocenters. The van der Waals surface area contributed by atoms with Gasteiger partial charge in [-0.3, -0.25) is 9.38 Å². The SMILES string of the molecule is Clc1cc2nnc(-c3ccnc4ccccc34)n2cn1. The van der Waals surface area contributed by atoms with Crippen LogP contribution in [0.3, 0.4) is 0 Å². The third-order valence-corrected chi connectivity index (χ3v) is 3.36. The molecule has 0 unspecified atom stereocenters. The van der Waals surface area contributed by atoms with Crippen molar-refractivity contribution in [1.29, 1.82) is 0 Å². The van der Waals surface area contributed by atoms with Gasteiger partial charge in [-0.15, -0.1) is 10.2 Å². The van der Waals surface area contributed by atoms with E-state index in [4.69, 9.17) is 11.6 Å². The van der Waals surface area contributed by atoms with Crippen LogP contribution in [0.15, 0.2) is 48.9 Å². The fraction of sp³-hybridized carbons (Fsp3) is 0. The molecule has 3 heterocycles. The second-order valence-corrected chi connectivity index (χ2v) is 4.73. The largest absolute Gasteiger partial charge is 0.265 e. The van der Waals surface area contributed by atoms with Crippen LogP contribution in [-0.2, 0) is 0 Å². The van der Waals surface area contributed by atoms with Crippen molar-refractivity contribution in [2.75, 3.05) is 0 Å². The van der Waals surface area contributed by atoms with Gasteiger partial charge in [0, 0.05) is 23.2 Å². The van der Waals surface area contributed by atoms with Crippen LogP contribution in [0.4, 0.5) is 0 Å². The van der Waals surface area contributed by atoms with Gasteiger partial charge in [-0.1, -0.05) is 29.8 Å². The Hall–Kier alpha value is -2.53. The summed E-state index contributed by atoms with van der Waals surface area (Å²) in [5, 5.41) is 9.80. The van der Waals surface area contributed by atoms with Gasteiger partial charge >= 0.3 is 0 Å². The summed E-state index contributed by atoms with van der Waals surface area (Å²) in [4.78, 5) is 8.43. The lowest BCUT2D eigenvalue weighted by atomic mass is 10.1. The maximum atomic E-state index is 5.87. The van der Waals surface area contributed by atoms with Crippen LogP contribution in [0.1, 0.15) is 0 Å². The molecule has 96 valence electrons. The molecule has 0 aliphatic rings. The highest BCUT2D eigenvalue weighted by atomic mass is 35.5. The summed E-state index contributed by atoms with van der Waals surface area (Å²) in [6, 6.07) is 11.5. The molecule has 1 aromatic carbocycles. The minimum absolute atomic E-state index is 0.399. The monoisotopic (exact) mass is 281 g/mol. The van der Waals surface area contributed by atoms with Gasteiger partial charge in [-0.25, -0.2) is 4.98 Å². The zero-order chi connectivity index (χ0) is 13.5. The summed E-state index contributed by atoms with van der Waals surface area (Å²) in [5.74, 6) is 0.725. The summed E-state index contributed by atoms with van der Waals surface area (Å²) in [5.41, 5.74) is 2.55. The summed E-state index contributed by atoms with van der Waals surface area (Å²) in [6.45, 7) is 0. The highest BCUT2D eigenvalue weighted by Gasteiger charge is 2.11. The predicted octanol–water partition coefficient (Wildman–Crippen LogP) is 2.99. The first kappa shape index (κ1) is 11.3. The van der Waals surface area contributed by atoms with Gasteiger partial charge in [-0.2, -0.15) is 0 Å². The number of hydrogen-bond donors (Lipinski definition) is 0. The number of pyridine rings is 1. The Bertz CT molecular complexity index is 926. The van der Waals surface area contributed by atoms with Crippen LogP contribution in [0.2, 0.25) is 5.15 Å². The van der Waals surface area contributed by atoms with Gasteiger partial charge in [0.25, 0.3) is 0 Å². The Kier molecular flexibility index (Phi) is 2.40. The van der Waals surface area contributed by atoms with Crippen LogP contribution >= 0.6 is 11.6 Å². The molecule has 0 aliphatic carbocycles. The molecule has 6 heteroatoms. The van der Waals surface area contributed by atoms with E-state index in [1.807, 2.05) is 34.7 Å². The first-order valence-electron chi connectivity index (χ1n) is 6.03. The van der Waals surface area contributed by atoms with E-state index in [-0.39, 0.29) is 0 Å². The van der Waals surface area contributed by atoms with E-state index in [9.17, 15) is 0 Å². The molecular weight excluding hydrogens is 274 g/mol. The van der Waals surface area contributed by atoms with E-state index in [1.54, 1.807) is 18.6 Å². The molecule has 0 spiro atoms. The van der Waals surface area contributed by atoms with Gasteiger partial charge in [0.05, 0.1) is 5.52 Å². The molecule has 0 N–H and O–H groups in total. The van der Waals surface area contributed by atoms with Crippen molar-refractivity contribution < 1.29 is 0 Å². The van der Waals surface area contributed by atoms with Crippen molar-refractivity contribution in [3.63, 3.8) is 0 Å². The molecule has 4 rings (SSSR count). The van der Waals surface area contributed by atoms with E-state index in [0.717, 1.165) is 22.3 Å². The minimum Gasteiger partial charge on any atom is -0.265 e. The van der Waals surface area contributed by atoms with Crippen LogP contribution in [0.5, 0.6) is 0 Å². The topological polar surface area (TPSA) is 56.0 Å². The number of aromatic nitrogens is 5. The third-order valence-electron chi connectivity index (χ3n) is 3.16. The van der Waals surface area contributed by atoms with Gasteiger partial charge < -0.3 is 0 Å². The predicted molar refractivity (Wildman–Crippen MR) is 76.5 cm³/mol. The van der Waals surface area contributed by atoms with Crippen LogP contribution in [-0.4, -0.2) is 24.6 Å². The Morgan fingerprint density at radius 1 is 1.00 bits per heavy atom. The molecule has 0 aliphatic heterocycles. The van der Waals surface area contributed by atoms with Gasteiger partial charge in [0.2, 0.25) is 0 Å². The fourth-order valence-corrected chi connectivity index (χ4v) is 2.39. The van der Waals surface area contributed by atoms with Crippen LogP contribution in [0, 0.1) is 0 Å². The zero-order valence-corrected chi connectivity index (χ0v) is 11.0. The molecule has 0 radical (unpaired) electrons. The zero-order valence-electron chi connectivity index (χ0n) is 10.2. The molecule has 4 aromatic rings. The molecule has 0 saturated carbocycles. The maximum absolute atomic E-state index is 5.87. The maximum Gasteiger partial charge on any atom is 0.170 e. The number of para-hydroxylation sites is 1. The summed E-state index contributed by atoms with van der Waals surface area (Å²) in [6.07, 6.45) is 3.39. The Morgan fingerprint density at radius 2 is 1.90 bits per heavy atom. The second kappa shape index (κ2) is 4.25. The molecule has 5 nitrogen and oxygen atoms in total. The van der Waals surface area contributed by atoms with E-state index < -0.39 is 0 Å². The highest BCUT2D eigenvalue weighted by Crippen LogP contribution is 2.26. The van der Waals surface area contributed by atoms with Crippen LogP contribution in [0.25, 0.3) is 27.9 Å². The Balaban J connectivity index is 2.06. The molecule has 20 heavy (non-hydrogen) atoms. The van der Waals surface area contributed by atoms with E-state index >= 15 is 0 Å². The fourth-order valence-electron chi connectivity index (χ4n) is 2.25. The average Bonchev–Trinajstić information content (AvgIpc) is 2.89. The van der Waals surface area contributed by atoms with Gasteiger partial charge in [0.1, 0.15) is 11.5 Å². The third kappa shape index (κ3) is 1.64. The Morgan fingerprint density at radius 3 is 2.85 bits per heavy atom. The van der Waals surface area contributed by atoms with Crippen LogP contribution < -0.4 is 0 Å². The van der Waals surface area contributed by atoms with Gasteiger partial charge in [-0.05, 0) is 12.1 Å². The normalized spacial score (nSPS) is 11.2. The molecule has 0 bridgehead atoms. The molecule has 0 saturated heterocycles. The Labute approximate surface area is 118 Å². The number of fused-ring (bicyclic) bond motifs is 2. The van der Waals surface area contributed by atoms with Crippen molar-refractivity contribution >= 4 is 28.2 Å². The first-order chi connectivity index (χ1) is 9.83. The second-order valence-electron chi connectivity index (χ2n) is 4.34. The molecule has 3 aromatic heterocycles. The van der Waals surface area contributed by atoms with E-state index in [0.29, 0.717) is 10.8 Å². The van der Waals surface area contributed by atoms with Crippen molar-refractivity contribution in [3.8, 4) is 11.4 Å². The lowest BCUT2D eigenvalue weighted by Gasteiger charge is -2.04. The van der Waals surface area contributed by atoms with Gasteiger partial charge in [0.15, 0.2) is 11.5 Å². The quantitative estimate of drug-likeness (QED) is 0.503. The summed E-state index contributed by atoms with van der Waals surface area (Å²) >= 11 is 5.87. The lowest BCUT2D eigenvalue weighted by molar-refractivity contribution is 1.08. The van der Waals surface area contributed by atoms with E-state index in [1.165, 1.54) is 0 Å². The number of hydrogen-bond acceptors (Lipinski definition) is 4. The van der Waals surface area contributed by atoms with Crippen molar-refractivity contribution in [2.24, 2.45) is 0 Å². The standard InChI is InChI=1S/C14H8ClN5/c15-12-7-13-18-19-14(20(13)8-17-12)10-5-6-16-11-4-2-1-3-9(10)11/h1-8H. The van der Waals surface area contributed by atoms with E-state index in [2.05, 4.69) is 20.2 Å². The van der Waals surface area contributed by atoms with Crippen molar-refractivity contribution in [3.05, 3.63) is 54.1 Å². The first-order valence-corrected chi connectivity index (χ1v) is 6.41. The molecular formula is C14H8ClN5. The number of benzene rings is 1. The smallest absolute Gasteiger partial charge is 0.170 e.